The molecule has 1 saturated heterocycles. The third kappa shape index (κ3) is 1.71. The van der Waals surface area contributed by atoms with E-state index in [1.54, 1.807) is 12.4 Å². The zero-order valence-electron chi connectivity index (χ0n) is 7.44. The highest BCUT2D eigenvalue weighted by atomic mass is 16.5. The first-order valence-electron chi connectivity index (χ1n) is 4.52. The van der Waals surface area contributed by atoms with Gasteiger partial charge < -0.3 is 9.84 Å². The van der Waals surface area contributed by atoms with Crippen molar-refractivity contribution >= 4 is 0 Å². The molecule has 1 fully saturated rings. The lowest BCUT2D eigenvalue weighted by molar-refractivity contribution is -0.0904. The van der Waals surface area contributed by atoms with Gasteiger partial charge in [-0.2, -0.15) is 0 Å². The molecule has 2 rings (SSSR count). The predicted octanol–water partition coefficient (Wildman–Crippen LogP) is 1.08. The van der Waals surface area contributed by atoms with E-state index in [1.165, 1.54) is 0 Å². The van der Waals surface area contributed by atoms with Gasteiger partial charge in [0.1, 0.15) is 5.60 Å². The molecule has 1 unspecified atom stereocenters. The summed E-state index contributed by atoms with van der Waals surface area (Å²) >= 11 is 0. The van der Waals surface area contributed by atoms with Gasteiger partial charge in [-0.3, -0.25) is 4.98 Å². The maximum absolute atomic E-state index is 10.2. The van der Waals surface area contributed by atoms with Gasteiger partial charge >= 0.3 is 0 Å². The maximum atomic E-state index is 10.2. The minimum atomic E-state index is -0.813. The van der Waals surface area contributed by atoms with Crippen LogP contribution in [0.2, 0.25) is 0 Å². The molecule has 1 aliphatic rings. The molecule has 1 aromatic heterocycles. The van der Waals surface area contributed by atoms with Crippen LogP contribution in [0.15, 0.2) is 24.5 Å². The van der Waals surface area contributed by atoms with Crippen molar-refractivity contribution < 1.29 is 9.84 Å². The molecule has 0 aromatic carbocycles. The lowest BCUT2D eigenvalue weighted by Crippen LogP contribution is -2.35. The van der Waals surface area contributed by atoms with E-state index in [1.807, 2.05) is 12.1 Å². The summed E-state index contributed by atoms with van der Waals surface area (Å²) in [6.45, 7) is 1.14. The lowest BCUT2D eigenvalue weighted by atomic mass is 9.90. The molecule has 3 heteroatoms. The van der Waals surface area contributed by atoms with Crippen molar-refractivity contribution in [3.63, 3.8) is 0 Å². The molecule has 0 aliphatic carbocycles. The van der Waals surface area contributed by atoms with E-state index in [-0.39, 0.29) is 0 Å². The molecule has 1 aromatic rings. The summed E-state index contributed by atoms with van der Waals surface area (Å²) in [6.07, 6.45) is 5.08. The molecule has 0 amide bonds. The smallest absolute Gasteiger partial charge is 0.114 e. The average molecular weight is 179 g/mol. The highest BCUT2D eigenvalue weighted by molar-refractivity contribution is 5.18. The SMILES string of the molecule is OC1(c2cccnc2)CCCOC1. The zero-order chi connectivity index (χ0) is 9.15. The summed E-state index contributed by atoms with van der Waals surface area (Å²) in [5.74, 6) is 0. The Morgan fingerprint density at radius 3 is 3.08 bits per heavy atom. The first kappa shape index (κ1) is 8.66. The van der Waals surface area contributed by atoms with Gasteiger partial charge in [0.05, 0.1) is 6.61 Å². The van der Waals surface area contributed by atoms with E-state index in [0.717, 1.165) is 25.0 Å². The lowest BCUT2D eigenvalue weighted by Gasteiger charge is -2.31. The van der Waals surface area contributed by atoms with Crippen LogP contribution in [0.5, 0.6) is 0 Å². The Hall–Kier alpha value is -0.930. The Labute approximate surface area is 77.4 Å². The minimum Gasteiger partial charge on any atom is -0.383 e. The Morgan fingerprint density at radius 2 is 2.46 bits per heavy atom. The fraction of sp³-hybridized carbons (Fsp3) is 0.500. The Morgan fingerprint density at radius 1 is 1.54 bits per heavy atom. The summed E-state index contributed by atoms with van der Waals surface area (Å²) in [5.41, 5.74) is 0.0432. The van der Waals surface area contributed by atoms with E-state index in [2.05, 4.69) is 4.98 Å². The van der Waals surface area contributed by atoms with Crippen molar-refractivity contribution in [3.8, 4) is 0 Å². The van der Waals surface area contributed by atoms with Crippen molar-refractivity contribution in [2.24, 2.45) is 0 Å². The molecular formula is C10H13NO2. The monoisotopic (exact) mass is 179 g/mol. The predicted molar refractivity (Wildman–Crippen MR) is 48.2 cm³/mol. The van der Waals surface area contributed by atoms with Crippen molar-refractivity contribution in [3.05, 3.63) is 30.1 Å². The number of ether oxygens (including phenoxy) is 1. The van der Waals surface area contributed by atoms with E-state index in [0.29, 0.717) is 6.61 Å². The second kappa shape index (κ2) is 3.44. The summed E-state index contributed by atoms with van der Waals surface area (Å²) < 4.78 is 5.26. The maximum Gasteiger partial charge on any atom is 0.114 e. The van der Waals surface area contributed by atoms with Gasteiger partial charge in [0.2, 0.25) is 0 Å². The Bertz CT molecular complexity index is 268. The Kier molecular flexibility index (Phi) is 2.29. The van der Waals surface area contributed by atoms with Gasteiger partial charge in [-0.25, -0.2) is 0 Å². The molecule has 3 nitrogen and oxygen atoms in total. The summed E-state index contributed by atoms with van der Waals surface area (Å²) in [6, 6.07) is 3.73. The molecule has 2 heterocycles. The van der Waals surface area contributed by atoms with Crippen molar-refractivity contribution in [2.75, 3.05) is 13.2 Å². The highest BCUT2D eigenvalue weighted by Crippen LogP contribution is 2.29. The minimum absolute atomic E-state index is 0.388. The Balaban J connectivity index is 2.23. The topological polar surface area (TPSA) is 42.4 Å². The fourth-order valence-corrected chi connectivity index (χ4v) is 1.65. The molecule has 0 radical (unpaired) electrons. The van der Waals surface area contributed by atoms with Crippen LogP contribution in [0.4, 0.5) is 0 Å². The van der Waals surface area contributed by atoms with Gasteiger partial charge in [-0.05, 0) is 18.9 Å². The molecule has 70 valence electrons. The van der Waals surface area contributed by atoms with Gasteiger partial charge in [0, 0.05) is 24.6 Å². The normalized spacial score (nSPS) is 28.7. The standard InChI is InChI=1S/C10H13NO2/c12-10(4-2-6-13-8-10)9-3-1-5-11-7-9/h1,3,5,7,12H,2,4,6,8H2. The van der Waals surface area contributed by atoms with Crippen molar-refractivity contribution in [2.45, 2.75) is 18.4 Å². The number of aliphatic hydroxyl groups is 1. The van der Waals surface area contributed by atoms with E-state index in [9.17, 15) is 5.11 Å². The zero-order valence-corrected chi connectivity index (χ0v) is 7.44. The first-order chi connectivity index (χ1) is 6.31. The number of hydrogen-bond acceptors (Lipinski definition) is 3. The molecular weight excluding hydrogens is 166 g/mol. The summed E-state index contributed by atoms with van der Waals surface area (Å²) in [7, 11) is 0. The first-order valence-corrected chi connectivity index (χ1v) is 4.52. The molecule has 0 bridgehead atoms. The van der Waals surface area contributed by atoms with Crippen LogP contribution in [0, 0.1) is 0 Å². The quantitative estimate of drug-likeness (QED) is 0.701. The third-order valence-corrected chi connectivity index (χ3v) is 2.42. The summed E-state index contributed by atoms with van der Waals surface area (Å²) in [4.78, 5) is 3.99. The number of nitrogens with zero attached hydrogens (tertiary/aromatic N) is 1. The summed E-state index contributed by atoms with van der Waals surface area (Å²) in [5, 5.41) is 10.2. The number of hydrogen-bond donors (Lipinski definition) is 1. The van der Waals surface area contributed by atoms with Crippen LogP contribution in [0.3, 0.4) is 0 Å². The van der Waals surface area contributed by atoms with Gasteiger partial charge in [-0.1, -0.05) is 6.07 Å². The van der Waals surface area contributed by atoms with E-state index >= 15 is 0 Å². The molecule has 0 saturated carbocycles. The molecule has 1 N–H and O–H groups in total. The van der Waals surface area contributed by atoms with Crippen LogP contribution in [0.1, 0.15) is 18.4 Å². The second-order valence-electron chi connectivity index (χ2n) is 3.43. The van der Waals surface area contributed by atoms with Crippen LogP contribution in [-0.2, 0) is 10.3 Å². The largest absolute Gasteiger partial charge is 0.383 e. The molecule has 1 aliphatic heterocycles. The molecule has 13 heavy (non-hydrogen) atoms. The average Bonchev–Trinajstić information content (AvgIpc) is 2.20. The van der Waals surface area contributed by atoms with E-state index < -0.39 is 5.60 Å². The molecule has 1 atom stereocenters. The van der Waals surface area contributed by atoms with Crippen LogP contribution >= 0.6 is 0 Å². The van der Waals surface area contributed by atoms with Gasteiger partial charge in [0.25, 0.3) is 0 Å². The molecule has 0 spiro atoms. The van der Waals surface area contributed by atoms with Crippen molar-refractivity contribution in [1.29, 1.82) is 0 Å². The third-order valence-electron chi connectivity index (χ3n) is 2.42. The van der Waals surface area contributed by atoms with Crippen molar-refractivity contribution in [1.82, 2.24) is 4.98 Å². The highest BCUT2D eigenvalue weighted by Gasteiger charge is 2.31. The van der Waals surface area contributed by atoms with Crippen LogP contribution in [-0.4, -0.2) is 23.3 Å². The number of rotatable bonds is 1. The fourth-order valence-electron chi connectivity index (χ4n) is 1.65. The second-order valence-corrected chi connectivity index (χ2v) is 3.43. The van der Waals surface area contributed by atoms with Crippen LogP contribution < -0.4 is 0 Å². The van der Waals surface area contributed by atoms with E-state index in [4.69, 9.17) is 4.74 Å². The van der Waals surface area contributed by atoms with Gasteiger partial charge in [0.15, 0.2) is 0 Å². The number of aromatic nitrogens is 1. The number of pyridine rings is 1. The van der Waals surface area contributed by atoms with Crippen LogP contribution in [0.25, 0.3) is 0 Å². The van der Waals surface area contributed by atoms with Gasteiger partial charge in [-0.15, -0.1) is 0 Å².